The summed E-state index contributed by atoms with van der Waals surface area (Å²) in [6.45, 7) is 11.9. The molecule has 1 aromatic carbocycles. The summed E-state index contributed by atoms with van der Waals surface area (Å²) in [7, 11) is 1.71. The molecule has 0 fully saturated rings. The van der Waals surface area contributed by atoms with Gasteiger partial charge in [-0.05, 0) is 25.5 Å². The second-order valence-electron chi connectivity index (χ2n) is 5.86. The van der Waals surface area contributed by atoms with Crippen molar-refractivity contribution in [3.05, 3.63) is 23.8 Å². The molecule has 4 heteroatoms. The zero-order valence-corrected chi connectivity index (χ0v) is 14.0. The Morgan fingerprint density at radius 1 is 1.29 bits per heavy atom. The van der Waals surface area contributed by atoms with Gasteiger partial charge in [0, 0.05) is 43.6 Å². The highest BCUT2D eigenvalue weighted by Crippen LogP contribution is 2.29. The predicted molar refractivity (Wildman–Crippen MR) is 89.1 cm³/mol. The minimum absolute atomic E-state index is 0.154. The van der Waals surface area contributed by atoms with Crippen LogP contribution in [-0.4, -0.2) is 38.5 Å². The van der Waals surface area contributed by atoms with Crippen LogP contribution in [0.25, 0.3) is 0 Å². The van der Waals surface area contributed by atoms with Crippen molar-refractivity contribution in [3.8, 4) is 5.75 Å². The number of anilines is 1. The van der Waals surface area contributed by atoms with Crippen LogP contribution in [0.15, 0.2) is 18.2 Å². The van der Waals surface area contributed by atoms with Crippen LogP contribution in [-0.2, 0) is 4.74 Å². The Labute approximate surface area is 129 Å². The third kappa shape index (κ3) is 5.56. The standard InChI is InChI=1S/C17H30N2O2/c1-6-18-14(4)16-8-7-15(11-17(16)20)19(9-10-21-5)12-13(2)3/h7-8,11,13-14,18,20H,6,9-10,12H2,1-5H3. The average molecular weight is 294 g/mol. The minimum atomic E-state index is 0.154. The Balaban J connectivity index is 2.91. The lowest BCUT2D eigenvalue weighted by Gasteiger charge is -2.27. The number of ether oxygens (including phenoxy) is 1. The molecule has 0 radical (unpaired) electrons. The first kappa shape index (κ1) is 17.8. The zero-order chi connectivity index (χ0) is 15.8. The minimum Gasteiger partial charge on any atom is -0.508 e. The number of aromatic hydroxyl groups is 1. The topological polar surface area (TPSA) is 44.7 Å². The number of methoxy groups -OCH3 is 1. The largest absolute Gasteiger partial charge is 0.508 e. The van der Waals surface area contributed by atoms with Gasteiger partial charge in [-0.1, -0.05) is 26.8 Å². The van der Waals surface area contributed by atoms with Gasteiger partial charge in [-0.15, -0.1) is 0 Å². The molecule has 21 heavy (non-hydrogen) atoms. The quantitative estimate of drug-likeness (QED) is 0.734. The molecule has 2 N–H and O–H groups in total. The Hall–Kier alpha value is -1.26. The molecular weight excluding hydrogens is 264 g/mol. The molecule has 4 nitrogen and oxygen atoms in total. The Kier molecular flexibility index (Phi) is 7.54. The van der Waals surface area contributed by atoms with Gasteiger partial charge in [-0.25, -0.2) is 0 Å². The third-order valence-electron chi connectivity index (χ3n) is 3.51. The van der Waals surface area contributed by atoms with Gasteiger partial charge in [0.1, 0.15) is 5.75 Å². The molecule has 0 saturated carbocycles. The van der Waals surface area contributed by atoms with E-state index in [0.717, 1.165) is 30.9 Å². The molecule has 0 spiro atoms. The van der Waals surface area contributed by atoms with Crippen LogP contribution in [0.5, 0.6) is 5.75 Å². The number of hydrogen-bond acceptors (Lipinski definition) is 4. The van der Waals surface area contributed by atoms with Gasteiger partial charge < -0.3 is 20.1 Å². The number of nitrogens with one attached hydrogen (secondary N) is 1. The lowest BCUT2D eigenvalue weighted by Crippen LogP contribution is -2.31. The molecule has 0 aliphatic heterocycles. The Bertz CT molecular complexity index is 421. The fraction of sp³-hybridized carbons (Fsp3) is 0.647. The summed E-state index contributed by atoms with van der Waals surface area (Å²) >= 11 is 0. The summed E-state index contributed by atoms with van der Waals surface area (Å²) in [6.07, 6.45) is 0. The first-order chi connectivity index (χ1) is 9.99. The summed E-state index contributed by atoms with van der Waals surface area (Å²) < 4.78 is 5.19. The van der Waals surface area contributed by atoms with E-state index in [0.29, 0.717) is 18.3 Å². The van der Waals surface area contributed by atoms with Crippen molar-refractivity contribution in [2.45, 2.75) is 33.7 Å². The molecule has 120 valence electrons. The van der Waals surface area contributed by atoms with E-state index in [1.165, 1.54) is 0 Å². The molecule has 0 heterocycles. The fourth-order valence-corrected chi connectivity index (χ4v) is 2.48. The molecule has 1 rings (SSSR count). The van der Waals surface area contributed by atoms with E-state index >= 15 is 0 Å². The van der Waals surface area contributed by atoms with E-state index in [1.54, 1.807) is 7.11 Å². The number of nitrogens with zero attached hydrogens (tertiary/aromatic N) is 1. The van der Waals surface area contributed by atoms with Gasteiger partial charge in [-0.3, -0.25) is 0 Å². The normalized spacial score (nSPS) is 12.7. The number of benzene rings is 1. The van der Waals surface area contributed by atoms with E-state index < -0.39 is 0 Å². The maximum atomic E-state index is 10.3. The Morgan fingerprint density at radius 2 is 2.00 bits per heavy atom. The average Bonchev–Trinajstić information content (AvgIpc) is 2.43. The number of phenolic OH excluding ortho intramolecular Hbond substituents is 1. The highest BCUT2D eigenvalue weighted by Gasteiger charge is 2.13. The van der Waals surface area contributed by atoms with Crippen LogP contribution in [0.4, 0.5) is 5.69 Å². The van der Waals surface area contributed by atoms with Crippen LogP contribution in [0.1, 0.15) is 39.3 Å². The molecule has 1 atom stereocenters. The number of phenols is 1. The molecule has 0 aliphatic rings. The van der Waals surface area contributed by atoms with Crippen molar-refractivity contribution in [2.75, 3.05) is 38.3 Å². The van der Waals surface area contributed by atoms with Crippen molar-refractivity contribution in [1.29, 1.82) is 0 Å². The van der Waals surface area contributed by atoms with E-state index in [1.807, 2.05) is 12.1 Å². The SMILES string of the molecule is CCNC(C)c1ccc(N(CCOC)CC(C)C)cc1O. The Morgan fingerprint density at radius 3 is 2.52 bits per heavy atom. The smallest absolute Gasteiger partial charge is 0.122 e. The van der Waals surface area contributed by atoms with Gasteiger partial charge in [0.05, 0.1) is 6.61 Å². The monoisotopic (exact) mass is 294 g/mol. The van der Waals surface area contributed by atoms with Gasteiger partial charge in [0.15, 0.2) is 0 Å². The molecule has 1 unspecified atom stereocenters. The van der Waals surface area contributed by atoms with Crippen LogP contribution in [0.2, 0.25) is 0 Å². The second-order valence-corrected chi connectivity index (χ2v) is 5.86. The predicted octanol–water partition coefficient (Wildman–Crippen LogP) is 3.17. The van der Waals surface area contributed by atoms with Crippen molar-refractivity contribution in [3.63, 3.8) is 0 Å². The highest BCUT2D eigenvalue weighted by molar-refractivity contribution is 5.54. The van der Waals surface area contributed by atoms with Gasteiger partial charge >= 0.3 is 0 Å². The van der Waals surface area contributed by atoms with Crippen LogP contribution in [0, 0.1) is 5.92 Å². The van der Waals surface area contributed by atoms with E-state index in [2.05, 4.69) is 44.0 Å². The van der Waals surface area contributed by atoms with Gasteiger partial charge in [0.25, 0.3) is 0 Å². The summed E-state index contributed by atoms with van der Waals surface area (Å²) in [5.74, 6) is 0.913. The van der Waals surface area contributed by atoms with Crippen LogP contribution < -0.4 is 10.2 Å². The fourth-order valence-electron chi connectivity index (χ4n) is 2.48. The summed E-state index contributed by atoms with van der Waals surface area (Å²) in [5, 5.41) is 13.6. The molecular formula is C17H30N2O2. The van der Waals surface area contributed by atoms with Crippen molar-refractivity contribution in [2.24, 2.45) is 5.92 Å². The maximum Gasteiger partial charge on any atom is 0.122 e. The van der Waals surface area contributed by atoms with Crippen LogP contribution in [0.3, 0.4) is 0 Å². The van der Waals surface area contributed by atoms with Gasteiger partial charge in [-0.2, -0.15) is 0 Å². The highest BCUT2D eigenvalue weighted by atomic mass is 16.5. The lowest BCUT2D eigenvalue weighted by molar-refractivity contribution is 0.204. The van der Waals surface area contributed by atoms with Gasteiger partial charge in [0.2, 0.25) is 0 Å². The molecule has 0 aromatic heterocycles. The molecule has 0 aliphatic carbocycles. The summed E-state index contributed by atoms with van der Waals surface area (Å²) in [4.78, 5) is 2.26. The summed E-state index contributed by atoms with van der Waals surface area (Å²) in [5.41, 5.74) is 1.99. The van der Waals surface area contributed by atoms with E-state index in [9.17, 15) is 5.11 Å². The third-order valence-corrected chi connectivity index (χ3v) is 3.51. The molecule has 1 aromatic rings. The summed E-state index contributed by atoms with van der Waals surface area (Å²) in [6, 6.07) is 6.11. The first-order valence-corrected chi connectivity index (χ1v) is 7.79. The molecule has 0 amide bonds. The van der Waals surface area contributed by atoms with Crippen molar-refractivity contribution in [1.82, 2.24) is 5.32 Å². The second kappa shape index (κ2) is 8.90. The lowest BCUT2D eigenvalue weighted by atomic mass is 10.1. The van der Waals surface area contributed by atoms with Crippen LogP contribution >= 0.6 is 0 Å². The zero-order valence-electron chi connectivity index (χ0n) is 14.0. The van der Waals surface area contributed by atoms with E-state index in [-0.39, 0.29) is 6.04 Å². The molecule has 0 saturated heterocycles. The first-order valence-electron chi connectivity index (χ1n) is 7.79. The van der Waals surface area contributed by atoms with Crippen molar-refractivity contribution >= 4 is 5.69 Å². The number of rotatable bonds is 9. The van der Waals surface area contributed by atoms with Crippen molar-refractivity contribution < 1.29 is 9.84 Å². The molecule has 0 bridgehead atoms. The number of hydrogen-bond donors (Lipinski definition) is 2. The van der Waals surface area contributed by atoms with E-state index in [4.69, 9.17) is 4.74 Å². The maximum absolute atomic E-state index is 10.3.